The van der Waals surface area contributed by atoms with Gasteiger partial charge in [-0.05, 0) is 73.4 Å². The van der Waals surface area contributed by atoms with Gasteiger partial charge in [0.05, 0.1) is 23.4 Å². The van der Waals surface area contributed by atoms with E-state index in [-0.39, 0.29) is 31.6 Å². The molecule has 230 valence electrons. The number of alkyl halides is 3. The van der Waals surface area contributed by atoms with Crippen molar-refractivity contribution in [3.05, 3.63) is 70.3 Å². The first-order valence-electron chi connectivity index (χ1n) is 14.0. The number of phosphoric ester groups is 1. The fourth-order valence-corrected chi connectivity index (χ4v) is 6.09. The van der Waals surface area contributed by atoms with Gasteiger partial charge in [0, 0.05) is 18.7 Å². The van der Waals surface area contributed by atoms with Crippen LogP contribution in [0.1, 0.15) is 90.4 Å². The maximum Gasteiger partial charge on any atom is 0.469 e. The van der Waals surface area contributed by atoms with Crippen molar-refractivity contribution in [2.45, 2.75) is 76.1 Å². The van der Waals surface area contributed by atoms with E-state index >= 15 is 0 Å². The molecule has 1 atom stereocenters. The molecular formula is C29H37F3N3O6P. The highest BCUT2D eigenvalue weighted by Crippen LogP contribution is 2.41. The van der Waals surface area contributed by atoms with E-state index in [2.05, 4.69) is 9.68 Å². The number of phosphoric acid groups is 1. The van der Waals surface area contributed by atoms with E-state index < -0.39 is 25.1 Å². The molecule has 4 N–H and O–H groups in total. The summed E-state index contributed by atoms with van der Waals surface area (Å²) in [6.07, 6.45) is 1.06. The molecule has 1 amide bonds. The maximum absolute atomic E-state index is 13.8. The van der Waals surface area contributed by atoms with Crippen molar-refractivity contribution in [2.24, 2.45) is 10.9 Å². The highest BCUT2D eigenvalue weighted by atomic mass is 31.2. The summed E-state index contributed by atoms with van der Waals surface area (Å²) in [5.41, 5.74) is 6.84. The highest BCUT2D eigenvalue weighted by molar-refractivity contribution is 7.46. The number of oxime groups is 1. The number of nitrogens with zero attached hydrogens (tertiary/aromatic N) is 2. The molecule has 13 heteroatoms. The number of hydrogen-bond acceptors (Lipinski definition) is 6. The van der Waals surface area contributed by atoms with Gasteiger partial charge in [0.15, 0.2) is 0 Å². The van der Waals surface area contributed by atoms with Crippen molar-refractivity contribution in [1.82, 2.24) is 4.90 Å². The maximum atomic E-state index is 13.8. The third-order valence-corrected chi connectivity index (χ3v) is 8.33. The molecule has 0 aromatic heterocycles. The SMILES string of the molecule is C/C(=N\OCc1ccc(C2CCCCC2)c(C(F)(F)F)c1)c1ccc(C(=O)N2CCC[C@@](N)(COP(=O)(O)O)C2)cc1. The van der Waals surface area contributed by atoms with Gasteiger partial charge in [-0.3, -0.25) is 9.32 Å². The van der Waals surface area contributed by atoms with Gasteiger partial charge in [-0.1, -0.05) is 48.7 Å². The van der Waals surface area contributed by atoms with Crippen molar-refractivity contribution >= 4 is 19.4 Å². The number of benzene rings is 2. The Hall–Kier alpha value is -2.76. The van der Waals surface area contributed by atoms with Crippen molar-refractivity contribution in [3.63, 3.8) is 0 Å². The fraction of sp³-hybridized carbons (Fsp3) is 0.517. The Morgan fingerprint density at radius 1 is 1.10 bits per heavy atom. The van der Waals surface area contributed by atoms with Gasteiger partial charge >= 0.3 is 14.0 Å². The standard InChI is InChI=1S/C29H37F3N3O6P/c1-20(34-40-17-21-8-13-25(23-6-3-2-4-7-23)26(16-21)29(30,31)32)22-9-11-24(12-10-22)27(36)35-15-5-14-28(33,18-35)19-41-42(37,38)39/h8-13,16,23H,2-7,14-15,17-19,33H2,1H3,(H2,37,38,39)/b34-20+/t28-/m0/s1. The predicted molar refractivity (Wildman–Crippen MR) is 151 cm³/mol. The van der Waals surface area contributed by atoms with Crippen LogP contribution >= 0.6 is 7.82 Å². The molecule has 1 aliphatic heterocycles. The van der Waals surface area contributed by atoms with Crippen LogP contribution in [0, 0.1) is 0 Å². The Morgan fingerprint density at radius 2 is 1.76 bits per heavy atom. The quantitative estimate of drug-likeness (QED) is 0.187. The zero-order chi connectivity index (χ0) is 30.5. The molecular weight excluding hydrogens is 574 g/mol. The molecule has 2 aromatic carbocycles. The summed E-state index contributed by atoms with van der Waals surface area (Å²) >= 11 is 0. The summed E-state index contributed by atoms with van der Waals surface area (Å²) in [6.45, 7) is 1.72. The summed E-state index contributed by atoms with van der Waals surface area (Å²) in [6, 6.07) is 11.0. The van der Waals surface area contributed by atoms with E-state index in [0.29, 0.717) is 47.4 Å². The number of amides is 1. The van der Waals surface area contributed by atoms with Crippen molar-refractivity contribution in [2.75, 3.05) is 19.7 Å². The van der Waals surface area contributed by atoms with Crippen LogP contribution in [0.15, 0.2) is 47.6 Å². The average molecular weight is 612 g/mol. The van der Waals surface area contributed by atoms with Gasteiger partial charge < -0.3 is 25.3 Å². The number of piperidine rings is 1. The second-order valence-electron chi connectivity index (χ2n) is 11.2. The van der Waals surface area contributed by atoms with E-state index in [1.807, 2.05) is 0 Å². The Morgan fingerprint density at radius 3 is 2.40 bits per heavy atom. The van der Waals surface area contributed by atoms with Crippen molar-refractivity contribution < 1.29 is 41.7 Å². The minimum atomic E-state index is -4.68. The van der Waals surface area contributed by atoms with Crippen LogP contribution in [0.2, 0.25) is 0 Å². The molecule has 1 saturated carbocycles. The summed E-state index contributed by atoms with van der Waals surface area (Å²) in [5.74, 6) is -0.356. The first kappa shape index (κ1) is 32.2. The van der Waals surface area contributed by atoms with Crippen LogP contribution in [0.3, 0.4) is 0 Å². The van der Waals surface area contributed by atoms with E-state index in [1.54, 1.807) is 43.3 Å². The number of rotatable bonds is 9. The molecule has 1 saturated heterocycles. The molecule has 1 aliphatic carbocycles. The van der Waals surface area contributed by atoms with Crippen molar-refractivity contribution in [3.8, 4) is 0 Å². The van der Waals surface area contributed by atoms with Gasteiger partial charge in [0.1, 0.15) is 6.61 Å². The third kappa shape index (κ3) is 8.64. The highest BCUT2D eigenvalue weighted by Gasteiger charge is 2.37. The van der Waals surface area contributed by atoms with Crippen LogP contribution in [0.4, 0.5) is 13.2 Å². The Labute approximate surface area is 243 Å². The van der Waals surface area contributed by atoms with E-state index in [1.165, 1.54) is 4.90 Å². The number of carbonyl (C=O) groups excluding carboxylic acids is 1. The van der Waals surface area contributed by atoms with Crippen LogP contribution < -0.4 is 5.73 Å². The predicted octanol–water partition coefficient (Wildman–Crippen LogP) is 5.74. The summed E-state index contributed by atoms with van der Waals surface area (Å²) in [5, 5.41) is 4.06. The largest absolute Gasteiger partial charge is 0.469 e. The second-order valence-corrected chi connectivity index (χ2v) is 12.5. The number of hydrogen-bond donors (Lipinski definition) is 3. The van der Waals surface area contributed by atoms with Crippen LogP contribution in [0.25, 0.3) is 0 Å². The fourth-order valence-electron chi connectivity index (χ4n) is 5.67. The molecule has 4 rings (SSSR count). The third-order valence-electron chi connectivity index (χ3n) is 7.87. The Bertz CT molecular complexity index is 1320. The van der Waals surface area contributed by atoms with E-state index in [4.69, 9.17) is 20.4 Å². The van der Waals surface area contributed by atoms with Crippen LogP contribution in [-0.2, 0) is 26.7 Å². The molecule has 0 bridgehead atoms. The van der Waals surface area contributed by atoms with Gasteiger partial charge in [0.25, 0.3) is 5.91 Å². The molecule has 0 radical (unpaired) electrons. The Balaban J connectivity index is 1.36. The number of halogens is 3. The summed E-state index contributed by atoms with van der Waals surface area (Å²) < 4.78 is 57.2. The molecule has 42 heavy (non-hydrogen) atoms. The minimum absolute atomic E-state index is 0.0740. The molecule has 2 fully saturated rings. The van der Waals surface area contributed by atoms with Gasteiger partial charge in [0.2, 0.25) is 0 Å². The van der Waals surface area contributed by atoms with Crippen LogP contribution in [-0.4, -0.2) is 51.5 Å². The molecule has 1 heterocycles. The number of nitrogens with two attached hydrogens (primary N) is 1. The van der Waals surface area contributed by atoms with Gasteiger partial charge in [-0.15, -0.1) is 0 Å². The lowest BCUT2D eigenvalue weighted by Gasteiger charge is -2.40. The molecule has 2 aromatic rings. The first-order valence-corrected chi connectivity index (χ1v) is 15.5. The smallest absolute Gasteiger partial charge is 0.391 e. The molecule has 0 unspecified atom stereocenters. The van der Waals surface area contributed by atoms with Gasteiger partial charge in [-0.25, -0.2) is 4.57 Å². The molecule has 2 aliphatic rings. The van der Waals surface area contributed by atoms with Gasteiger partial charge in [-0.2, -0.15) is 13.2 Å². The lowest BCUT2D eigenvalue weighted by atomic mass is 9.81. The second kappa shape index (κ2) is 13.3. The number of carbonyl (C=O) groups is 1. The lowest BCUT2D eigenvalue weighted by molar-refractivity contribution is -0.138. The molecule has 0 spiro atoms. The topological polar surface area (TPSA) is 135 Å². The van der Waals surface area contributed by atoms with E-state index in [9.17, 15) is 22.5 Å². The van der Waals surface area contributed by atoms with Crippen molar-refractivity contribution in [1.29, 1.82) is 0 Å². The normalized spacial score (nSPS) is 20.9. The zero-order valence-electron chi connectivity index (χ0n) is 23.5. The summed E-state index contributed by atoms with van der Waals surface area (Å²) in [7, 11) is -4.68. The number of likely N-dealkylation sites (tertiary alicyclic amines) is 1. The Kier molecular flexibility index (Phi) is 10.2. The lowest BCUT2D eigenvalue weighted by Crippen LogP contribution is -2.58. The summed E-state index contributed by atoms with van der Waals surface area (Å²) in [4.78, 5) is 38.0. The van der Waals surface area contributed by atoms with E-state index in [0.717, 1.165) is 38.2 Å². The monoisotopic (exact) mass is 611 g/mol. The first-order chi connectivity index (χ1) is 19.7. The minimum Gasteiger partial charge on any atom is -0.391 e. The molecule has 9 nitrogen and oxygen atoms in total. The average Bonchev–Trinajstić information content (AvgIpc) is 2.95. The van der Waals surface area contributed by atoms with Crippen LogP contribution in [0.5, 0.6) is 0 Å². The zero-order valence-corrected chi connectivity index (χ0v) is 24.4.